The Hall–Kier alpha value is -0.840. The predicted octanol–water partition coefficient (Wildman–Crippen LogP) is 1.88. The molecule has 3 N–H and O–H groups in total. The minimum Gasteiger partial charge on any atom is -0.504 e. The second-order valence-corrected chi connectivity index (χ2v) is 3.02. The van der Waals surface area contributed by atoms with Crippen LogP contribution in [0.1, 0.15) is 11.1 Å². The minimum atomic E-state index is -0.791. The van der Waals surface area contributed by atoms with Gasteiger partial charge in [-0.1, -0.05) is 11.6 Å². The van der Waals surface area contributed by atoms with Crippen molar-refractivity contribution in [1.29, 1.82) is 0 Å². The highest BCUT2D eigenvalue weighted by Gasteiger charge is 2.13. The molecule has 0 aliphatic heterocycles. The molecule has 0 aliphatic carbocycles. The molecule has 0 heterocycles. The van der Waals surface area contributed by atoms with Crippen LogP contribution in [0.15, 0.2) is 6.07 Å². The molecule has 0 atom stereocenters. The van der Waals surface area contributed by atoms with Gasteiger partial charge in [0.1, 0.15) is 0 Å². The average Bonchev–Trinajstić information content (AvgIpc) is 2.11. The molecule has 1 rings (SSSR count). The third-order valence-corrected chi connectivity index (χ3v) is 2.15. The number of aromatic hydroxyl groups is 1. The second kappa shape index (κ2) is 3.91. The minimum absolute atomic E-state index is 0.0123. The molecule has 0 amide bonds. The highest BCUT2D eigenvalue weighted by Crippen LogP contribution is 2.32. The van der Waals surface area contributed by atoms with Gasteiger partial charge >= 0.3 is 0 Å². The second-order valence-electron chi connectivity index (χ2n) is 2.64. The van der Waals surface area contributed by atoms with Crippen molar-refractivity contribution in [2.45, 2.75) is 13.5 Å². The number of phenols is 1. The molecule has 1 aromatic rings. The Morgan fingerprint density at radius 2 is 2.31 bits per heavy atom. The number of hydrogen-bond donors (Lipinski definition) is 2. The van der Waals surface area contributed by atoms with E-state index in [2.05, 4.69) is 4.84 Å². The molecular formula is C8H9ClFNO2. The van der Waals surface area contributed by atoms with E-state index in [4.69, 9.17) is 17.5 Å². The third kappa shape index (κ3) is 1.91. The van der Waals surface area contributed by atoms with Crippen molar-refractivity contribution in [3.05, 3.63) is 28.0 Å². The van der Waals surface area contributed by atoms with Crippen molar-refractivity contribution in [3.8, 4) is 5.75 Å². The maximum atomic E-state index is 13.2. The summed E-state index contributed by atoms with van der Waals surface area (Å²) in [4.78, 5) is 4.26. The standard InChI is InChI=1S/C8H9ClFNO2/c1-4-2-5(3-13-11)7(10)8(12)6(4)9/h2,12H,3,11H2,1H3. The normalized spacial score (nSPS) is 10.5. The van der Waals surface area contributed by atoms with E-state index in [1.807, 2.05) is 0 Å². The molecule has 5 heteroatoms. The Bertz CT molecular complexity index is 330. The number of halogens is 2. The predicted molar refractivity (Wildman–Crippen MR) is 46.8 cm³/mol. The van der Waals surface area contributed by atoms with Gasteiger partial charge in [0.05, 0.1) is 11.6 Å². The van der Waals surface area contributed by atoms with Gasteiger partial charge in [0.15, 0.2) is 11.6 Å². The van der Waals surface area contributed by atoms with E-state index in [1.165, 1.54) is 6.07 Å². The Balaban J connectivity index is 3.24. The SMILES string of the molecule is Cc1cc(CON)c(F)c(O)c1Cl. The van der Waals surface area contributed by atoms with Crippen molar-refractivity contribution in [1.82, 2.24) is 0 Å². The first-order chi connectivity index (χ1) is 6.07. The van der Waals surface area contributed by atoms with Gasteiger partial charge < -0.3 is 5.11 Å². The average molecular weight is 206 g/mol. The summed E-state index contributed by atoms with van der Waals surface area (Å²) in [7, 11) is 0. The van der Waals surface area contributed by atoms with Gasteiger partial charge in [-0.15, -0.1) is 0 Å². The van der Waals surface area contributed by atoms with E-state index in [0.29, 0.717) is 5.56 Å². The van der Waals surface area contributed by atoms with Gasteiger partial charge in [-0.2, -0.15) is 0 Å². The lowest BCUT2D eigenvalue weighted by molar-refractivity contribution is 0.121. The van der Waals surface area contributed by atoms with Crippen LogP contribution in [0.5, 0.6) is 5.75 Å². The van der Waals surface area contributed by atoms with E-state index in [-0.39, 0.29) is 17.2 Å². The van der Waals surface area contributed by atoms with Gasteiger partial charge in [0.25, 0.3) is 0 Å². The number of aryl methyl sites for hydroxylation is 1. The highest BCUT2D eigenvalue weighted by atomic mass is 35.5. The molecule has 0 aromatic heterocycles. The van der Waals surface area contributed by atoms with Crippen LogP contribution in [0.25, 0.3) is 0 Å². The van der Waals surface area contributed by atoms with Crippen molar-refractivity contribution in [2.75, 3.05) is 0 Å². The Kier molecular flexibility index (Phi) is 3.08. The van der Waals surface area contributed by atoms with Crippen molar-refractivity contribution >= 4 is 11.6 Å². The first kappa shape index (κ1) is 10.2. The molecule has 1 aromatic carbocycles. The number of hydrogen-bond acceptors (Lipinski definition) is 3. The highest BCUT2D eigenvalue weighted by molar-refractivity contribution is 6.32. The fourth-order valence-corrected chi connectivity index (χ4v) is 1.16. The topological polar surface area (TPSA) is 55.5 Å². The molecule has 13 heavy (non-hydrogen) atoms. The lowest BCUT2D eigenvalue weighted by atomic mass is 10.1. The van der Waals surface area contributed by atoms with Crippen LogP contribution in [-0.4, -0.2) is 5.11 Å². The summed E-state index contributed by atoms with van der Waals surface area (Å²) in [5.41, 5.74) is 0.759. The molecule has 0 unspecified atom stereocenters. The maximum Gasteiger partial charge on any atom is 0.171 e. The van der Waals surface area contributed by atoms with E-state index in [9.17, 15) is 9.50 Å². The number of phenolic OH excluding ortho intramolecular Hbond substituents is 1. The van der Waals surface area contributed by atoms with Crippen molar-refractivity contribution < 1.29 is 14.3 Å². The molecular weight excluding hydrogens is 197 g/mol. The lowest BCUT2D eigenvalue weighted by Gasteiger charge is -2.07. The van der Waals surface area contributed by atoms with Crippen LogP contribution >= 0.6 is 11.6 Å². The zero-order valence-electron chi connectivity index (χ0n) is 6.97. The van der Waals surface area contributed by atoms with Crippen LogP contribution in [0.2, 0.25) is 5.02 Å². The van der Waals surface area contributed by atoms with E-state index in [1.54, 1.807) is 6.92 Å². The summed E-state index contributed by atoms with van der Waals surface area (Å²) in [6.45, 7) is 1.55. The van der Waals surface area contributed by atoms with Crippen LogP contribution < -0.4 is 5.90 Å². The van der Waals surface area contributed by atoms with Gasteiger partial charge in [0, 0.05) is 5.56 Å². The monoisotopic (exact) mass is 205 g/mol. The van der Waals surface area contributed by atoms with Crippen molar-refractivity contribution in [3.63, 3.8) is 0 Å². The van der Waals surface area contributed by atoms with E-state index < -0.39 is 11.6 Å². The molecule has 0 radical (unpaired) electrons. The Labute approximate surface area is 79.8 Å². The van der Waals surface area contributed by atoms with Gasteiger partial charge in [-0.3, -0.25) is 4.84 Å². The van der Waals surface area contributed by atoms with E-state index in [0.717, 1.165) is 0 Å². The summed E-state index contributed by atoms with van der Waals surface area (Å²) in [5, 5.41) is 9.20. The largest absolute Gasteiger partial charge is 0.504 e. The molecule has 0 fully saturated rings. The van der Waals surface area contributed by atoms with E-state index >= 15 is 0 Å². The van der Waals surface area contributed by atoms with Gasteiger partial charge in [-0.25, -0.2) is 10.3 Å². The Morgan fingerprint density at radius 3 is 2.85 bits per heavy atom. The number of benzene rings is 1. The lowest BCUT2D eigenvalue weighted by Crippen LogP contribution is -2.02. The summed E-state index contributed by atoms with van der Waals surface area (Å²) in [6, 6.07) is 1.48. The molecule has 3 nitrogen and oxygen atoms in total. The van der Waals surface area contributed by atoms with Gasteiger partial charge in [0.2, 0.25) is 0 Å². The summed E-state index contributed by atoms with van der Waals surface area (Å²) >= 11 is 5.59. The van der Waals surface area contributed by atoms with Gasteiger partial charge in [-0.05, 0) is 18.6 Å². The molecule has 0 bridgehead atoms. The molecule has 0 saturated heterocycles. The fraction of sp³-hybridized carbons (Fsp3) is 0.250. The van der Waals surface area contributed by atoms with Crippen LogP contribution in [0, 0.1) is 12.7 Å². The van der Waals surface area contributed by atoms with Crippen LogP contribution in [-0.2, 0) is 11.4 Å². The van der Waals surface area contributed by atoms with Crippen LogP contribution in [0.3, 0.4) is 0 Å². The number of nitrogens with two attached hydrogens (primary N) is 1. The number of rotatable bonds is 2. The molecule has 72 valence electrons. The zero-order chi connectivity index (χ0) is 10.0. The first-order valence-electron chi connectivity index (χ1n) is 3.56. The Morgan fingerprint density at radius 1 is 1.69 bits per heavy atom. The zero-order valence-corrected chi connectivity index (χ0v) is 7.73. The molecule has 0 aliphatic rings. The summed E-state index contributed by atoms with van der Waals surface area (Å²) in [6.07, 6.45) is 0. The first-order valence-corrected chi connectivity index (χ1v) is 3.93. The fourth-order valence-electron chi connectivity index (χ4n) is 1.02. The third-order valence-electron chi connectivity index (χ3n) is 1.67. The molecule has 0 saturated carbocycles. The van der Waals surface area contributed by atoms with Crippen molar-refractivity contribution in [2.24, 2.45) is 5.90 Å². The molecule has 0 spiro atoms. The summed E-state index contributed by atoms with van der Waals surface area (Å²) in [5.74, 6) is 3.43. The maximum absolute atomic E-state index is 13.2. The summed E-state index contributed by atoms with van der Waals surface area (Å²) < 4.78 is 13.2. The smallest absolute Gasteiger partial charge is 0.171 e. The quantitative estimate of drug-likeness (QED) is 0.725. The van der Waals surface area contributed by atoms with Crippen LogP contribution in [0.4, 0.5) is 4.39 Å².